The summed E-state index contributed by atoms with van der Waals surface area (Å²) in [5.74, 6) is 0.141. The Morgan fingerprint density at radius 1 is 0.920 bits per heavy atom. The predicted octanol–water partition coefficient (Wildman–Crippen LogP) is 4.54. The van der Waals surface area contributed by atoms with Gasteiger partial charge in [0.2, 0.25) is 0 Å². The molecule has 2 aromatic carbocycles. The normalized spacial score (nSPS) is 10.6. The van der Waals surface area contributed by atoms with Crippen molar-refractivity contribution in [3.05, 3.63) is 65.2 Å². The molecule has 0 unspecified atom stereocenters. The number of anilines is 1. The summed E-state index contributed by atoms with van der Waals surface area (Å²) in [6.45, 7) is 9.44. The van der Waals surface area contributed by atoms with Crippen LogP contribution in [0.15, 0.2) is 48.5 Å². The molecule has 0 aliphatic carbocycles. The van der Waals surface area contributed by atoms with Gasteiger partial charge in [0.05, 0.1) is 0 Å². The van der Waals surface area contributed by atoms with E-state index in [9.17, 15) is 9.59 Å². The minimum atomic E-state index is -0.171. The van der Waals surface area contributed by atoms with Crippen LogP contribution in [0, 0.1) is 0 Å². The SMILES string of the molecule is CCN(CC)C(=O)c1ccc(C(=O)Nc2ccccc2C(C)C)cc1. The van der Waals surface area contributed by atoms with Gasteiger partial charge in [-0.25, -0.2) is 0 Å². The maximum atomic E-state index is 12.5. The van der Waals surface area contributed by atoms with Crippen LogP contribution in [0.2, 0.25) is 0 Å². The molecule has 0 saturated carbocycles. The van der Waals surface area contributed by atoms with Gasteiger partial charge in [-0.15, -0.1) is 0 Å². The van der Waals surface area contributed by atoms with Gasteiger partial charge in [0, 0.05) is 29.9 Å². The zero-order valence-corrected chi connectivity index (χ0v) is 15.4. The molecule has 0 bridgehead atoms. The van der Waals surface area contributed by atoms with Crippen molar-refractivity contribution in [3.63, 3.8) is 0 Å². The van der Waals surface area contributed by atoms with Crippen molar-refractivity contribution in [2.75, 3.05) is 18.4 Å². The Kier molecular flexibility index (Phi) is 6.34. The van der Waals surface area contributed by atoms with Crippen LogP contribution in [-0.4, -0.2) is 29.8 Å². The van der Waals surface area contributed by atoms with Gasteiger partial charge in [-0.05, 0) is 55.7 Å². The molecule has 0 radical (unpaired) electrons. The first-order valence-corrected chi connectivity index (χ1v) is 8.77. The predicted molar refractivity (Wildman–Crippen MR) is 102 cm³/mol. The summed E-state index contributed by atoms with van der Waals surface area (Å²) in [7, 11) is 0. The Bertz CT molecular complexity index is 732. The highest BCUT2D eigenvalue weighted by Gasteiger charge is 2.14. The van der Waals surface area contributed by atoms with Crippen LogP contribution in [0.3, 0.4) is 0 Å². The summed E-state index contributed by atoms with van der Waals surface area (Å²) < 4.78 is 0. The van der Waals surface area contributed by atoms with Crippen LogP contribution in [0.1, 0.15) is 59.9 Å². The third-order valence-electron chi connectivity index (χ3n) is 4.28. The molecule has 0 aliphatic rings. The molecular weight excluding hydrogens is 312 g/mol. The Labute approximate surface area is 149 Å². The lowest BCUT2D eigenvalue weighted by molar-refractivity contribution is 0.0772. The van der Waals surface area contributed by atoms with E-state index in [0.717, 1.165) is 11.3 Å². The van der Waals surface area contributed by atoms with E-state index in [2.05, 4.69) is 19.2 Å². The van der Waals surface area contributed by atoms with E-state index in [4.69, 9.17) is 0 Å². The summed E-state index contributed by atoms with van der Waals surface area (Å²) >= 11 is 0. The smallest absolute Gasteiger partial charge is 0.255 e. The maximum absolute atomic E-state index is 12.5. The van der Waals surface area contributed by atoms with Crippen LogP contribution in [-0.2, 0) is 0 Å². The quantitative estimate of drug-likeness (QED) is 0.840. The topological polar surface area (TPSA) is 49.4 Å². The average molecular weight is 338 g/mol. The van der Waals surface area contributed by atoms with Crippen LogP contribution in [0.5, 0.6) is 0 Å². The van der Waals surface area contributed by atoms with E-state index in [-0.39, 0.29) is 11.8 Å². The number of carbonyl (C=O) groups is 2. The summed E-state index contributed by atoms with van der Waals surface area (Å²) in [6.07, 6.45) is 0. The minimum Gasteiger partial charge on any atom is -0.339 e. The van der Waals surface area contributed by atoms with Crippen molar-refractivity contribution >= 4 is 17.5 Å². The highest BCUT2D eigenvalue weighted by Crippen LogP contribution is 2.24. The molecule has 4 nitrogen and oxygen atoms in total. The number of amides is 2. The zero-order valence-electron chi connectivity index (χ0n) is 15.4. The summed E-state index contributed by atoms with van der Waals surface area (Å²) in [4.78, 5) is 26.6. The molecule has 1 N–H and O–H groups in total. The molecule has 25 heavy (non-hydrogen) atoms. The first-order valence-electron chi connectivity index (χ1n) is 8.77. The van der Waals surface area contributed by atoms with E-state index in [0.29, 0.717) is 30.1 Å². The van der Waals surface area contributed by atoms with Gasteiger partial charge < -0.3 is 10.2 Å². The van der Waals surface area contributed by atoms with Crippen LogP contribution in [0.25, 0.3) is 0 Å². The molecule has 0 saturated heterocycles. The number of carbonyl (C=O) groups excluding carboxylic acids is 2. The summed E-state index contributed by atoms with van der Waals surface area (Å²) in [5.41, 5.74) is 3.06. The lowest BCUT2D eigenvalue weighted by Crippen LogP contribution is -2.30. The number of nitrogens with zero attached hydrogens (tertiary/aromatic N) is 1. The Balaban J connectivity index is 2.15. The molecular formula is C21H26N2O2. The third kappa shape index (κ3) is 4.47. The first kappa shape index (κ1) is 18.7. The molecule has 0 aliphatic heterocycles. The van der Waals surface area contributed by atoms with Crippen LogP contribution in [0.4, 0.5) is 5.69 Å². The second-order valence-electron chi connectivity index (χ2n) is 6.25. The Morgan fingerprint density at radius 2 is 1.48 bits per heavy atom. The van der Waals surface area contributed by atoms with Gasteiger partial charge in [0.1, 0.15) is 0 Å². The molecule has 0 aromatic heterocycles. The largest absolute Gasteiger partial charge is 0.339 e. The number of hydrogen-bond acceptors (Lipinski definition) is 2. The van der Waals surface area contributed by atoms with Gasteiger partial charge >= 0.3 is 0 Å². The fraction of sp³-hybridized carbons (Fsp3) is 0.333. The molecule has 0 atom stereocenters. The molecule has 4 heteroatoms. The zero-order chi connectivity index (χ0) is 18.4. The van der Waals surface area contributed by atoms with Crippen molar-refractivity contribution in [1.82, 2.24) is 4.90 Å². The average Bonchev–Trinajstić information content (AvgIpc) is 2.63. The maximum Gasteiger partial charge on any atom is 0.255 e. The molecule has 0 fully saturated rings. The second kappa shape index (κ2) is 8.47. The van der Waals surface area contributed by atoms with Crippen molar-refractivity contribution in [2.45, 2.75) is 33.6 Å². The Hall–Kier alpha value is -2.62. The van der Waals surface area contributed by atoms with E-state index in [1.807, 2.05) is 38.1 Å². The van der Waals surface area contributed by atoms with Crippen molar-refractivity contribution < 1.29 is 9.59 Å². The Morgan fingerprint density at radius 3 is 2.04 bits per heavy atom. The van der Waals surface area contributed by atoms with Crippen molar-refractivity contribution in [1.29, 1.82) is 0 Å². The highest BCUT2D eigenvalue weighted by molar-refractivity contribution is 6.05. The van der Waals surface area contributed by atoms with Gasteiger partial charge in [-0.2, -0.15) is 0 Å². The molecule has 132 valence electrons. The van der Waals surface area contributed by atoms with Gasteiger partial charge in [-0.1, -0.05) is 32.0 Å². The summed E-state index contributed by atoms with van der Waals surface area (Å²) in [6, 6.07) is 14.6. The van der Waals surface area contributed by atoms with Crippen molar-refractivity contribution in [2.24, 2.45) is 0 Å². The minimum absolute atomic E-state index is 0.0119. The highest BCUT2D eigenvalue weighted by atomic mass is 16.2. The van der Waals surface area contributed by atoms with Crippen LogP contribution >= 0.6 is 0 Å². The number of nitrogens with one attached hydrogen (secondary N) is 1. The molecule has 0 heterocycles. The summed E-state index contributed by atoms with van der Waals surface area (Å²) in [5, 5.41) is 2.97. The molecule has 0 spiro atoms. The van der Waals surface area contributed by atoms with Gasteiger partial charge in [0.15, 0.2) is 0 Å². The fourth-order valence-corrected chi connectivity index (χ4v) is 2.77. The van der Waals surface area contributed by atoms with E-state index in [1.54, 1.807) is 29.2 Å². The van der Waals surface area contributed by atoms with E-state index in [1.165, 1.54) is 0 Å². The van der Waals surface area contributed by atoms with Gasteiger partial charge in [0.25, 0.3) is 11.8 Å². The second-order valence-corrected chi connectivity index (χ2v) is 6.25. The van der Waals surface area contributed by atoms with E-state index >= 15 is 0 Å². The van der Waals surface area contributed by atoms with E-state index < -0.39 is 0 Å². The standard InChI is InChI=1S/C21H26N2O2/c1-5-23(6-2)21(25)17-13-11-16(12-14-17)20(24)22-19-10-8-7-9-18(19)15(3)4/h7-15H,5-6H2,1-4H3,(H,22,24). The first-order chi connectivity index (χ1) is 12.0. The lowest BCUT2D eigenvalue weighted by Gasteiger charge is -2.18. The fourth-order valence-electron chi connectivity index (χ4n) is 2.77. The van der Waals surface area contributed by atoms with Crippen molar-refractivity contribution in [3.8, 4) is 0 Å². The molecule has 2 rings (SSSR count). The number of hydrogen-bond donors (Lipinski definition) is 1. The number of para-hydroxylation sites is 1. The number of rotatable bonds is 6. The van der Waals surface area contributed by atoms with Gasteiger partial charge in [-0.3, -0.25) is 9.59 Å². The van der Waals surface area contributed by atoms with Crippen LogP contribution < -0.4 is 5.32 Å². The molecule has 2 amide bonds. The molecule has 2 aromatic rings. The lowest BCUT2D eigenvalue weighted by atomic mass is 10.0. The number of benzene rings is 2. The third-order valence-corrected chi connectivity index (χ3v) is 4.28. The monoisotopic (exact) mass is 338 g/mol.